The molecule has 3 aliphatic carbocycles. The maximum atomic E-state index is 12.3. The number of rotatable bonds is 2. The summed E-state index contributed by atoms with van der Waals surface area (Å²) in [5, 5.41) is 0. The molecule has 0 spiro atoms. The Bertz CT molecular complexity index is 860. The van der Waals surface area contributed by atoms with Crippen LogP contribution in [0.3, 0.4) is 0 Å². The second-order valence-electron chi connectivity index (χ2n) is 7.28. The van der Waals surface area contributed by atoms with Gasteiger partial charge in [0.25, 0.3) is 10.4 Å². The molecular formula is C18H19NaO5S. The minimum Gasteiger partial charge on any atom is -0.716 e. The average molecular weight is 370 g/mol. The maximum Gasteiger partial charge on any atom is 1.00 e. The summed E-state index contributed by atoms with van der Waals surface area (Å²) in [6.07, 6.45) is 6.30. The first-order valence-electron chi connectivity index (χ1n) is 8.29. The Balaban J connectivity index is 0.00000182. The summed E-state index contributed by atoms with van der Waals surface area (Å²) in [6.45, 7) is 2.11. The van der Waals surface area contributed by atoms with E-state index in [1.54, 1.807) is 12.1 Å². The monoisotopic (exact) mass is 370 g/mol. The summed E-state index contributed by atoms with van der Waals surface area (Å²) >= 11 is 0. The Kier molecular flexibility index (Phi) is 4.97. The van der Waals surface area contributed by atoms with Gasteiger partial charge in [-0.05, 0) is 54.9 Å². The van der Waals surface area contributed by atoms with Crippen LogP contribution in [0.25, 0.3) is 0 Å². The van der Waals surface area contributed by atoms with E-state index in [0.717, 1.165) is 24.8 Å². The van der Waals surface area contributed by atoms with E-state index in [1.165, 1.54) is 11.1 Å². The number of allylic oxidation sites excluding steroid dienone is 2. The number of hydrogen-bond acceptors (Lipinski definition) is 5. The van der Waals surface area contributed by atoms with Crippen molar-refractivity contribution >= 4 is 16.2 Å². The van der Waals surface area contributed by atoms with Gasteiger partial charge in [0.15, 0.2) is 0 Å². The third kappa shape index (κ3) is 3.23. The molecule has 0 saturated heterocycles. The molecule has 0 amide bonds. The molecule has 1 unspecified atom stereocenters. The molecule has 2 saturated carbocycles. The first-order chi connectivity index (χ1) is 11.3. The van der Waals surface area contributed by atoms with Gasteiger partial charge in [0.1, 0.15) is 11.5 Å². The first kappa shape index (κ1) is 19.1. The maximum absolute atomic E-state index is 12.3. The van der Waals surface area contributed by atoms with Crippen LogP contribution in [0.4, 0.5) is 0 Å². The van der Waals surface area contributed by atoms with Crippen molar-refractivity contribution in [3.63, 3.8) is 0 Å². The van der Waals surface area contributed by atoms with Crippen LogP contribution in [-0.4, -0.2) is 18.8 Å². The van der Waals surface area contributed by atoms with Gasteiger partial charge < -0.3 is 8.74 Å². The van der Waals surface area contributed by atoms with Crippen LogP contribution >= 0.6 is 0 Å². The minimum absolute atomic E-state index is 0. The molecule has 25 heavy (non-hydrogen) atoms. The van der Waals surface area contributed by atoms with E-state index in [0.29, 0.717) is 24.5 Å². The van der Waals surface area contributed by atoms with Crippen LogP contribution in [0.2, 0.25) is 0 Å². The van der Waals surface area contributed by atoms with Crippen molar-refractivity contribution in [3.05, 3.63) is 41.0 Å². The predicted octanol–water partition coefficient (Wildman–Crippen LogP) is -0.125. The van der Waals surface area contributed by atoms with Crippen molar-refractivity contribution < 1.29 is 51.5 Å². The van der Waals surface area contributed by atoms with Gasteiger partial charge in [-0.3, -0.25) is 4.79 Å². The van der Waals surface area contributed by atoms with Crippen LogP contribution in [0.5, 0.6) is 5.75 Å². The van der Waals surface area contributed by atoms with Gasteiger partial charge in [0, 0.05) is 17.8 Å². The Labute approximate surface area is 170 Å². The van der Waals surface area contributed by atoms with Crippen molar-refractivity contribution in [3.8, 4) is 5.75 Å². The predicted molar refractivity (Wildman–Crippen MR) is 86.4 cm³/mol. The van der Waals surface area contributed by atoms with Gasteiger partial charge in [0.2, 0.25) is 0 Å². The number of carbonyl (C=O) groups is 1. The topological polar surface area (TPSA) is 83.5 Å². The second kappa shape index (κ2) is 6.50. The molecule has 2 fully saturated rings. The molecule has 0 aromatic heterocycles. The van der Waals surface area contributed by atoms with Gasteiger partial charge >= 0.3 is 29.6 Å². The molecule has 0 aliphatic heterocycles. The van der Waals surface area contributed by atoms with Gasteiger partial charge in [-0.2, -0.15) is 0 Å². The summed E-state index contributed by atoms with van der Waals surface area (Å²) < 4.78 is 36.8. The number of Topliss-reactive ketones (excluding diaryl/α,β-unsaturated/α-hetero) is 1. The van der Waals surface area contributed by atoms with Crippen LogP contribution in [0.15, 0.2) is 29.8 Å². The fourth-order valence-electron chi connectivity index (χ4n) is 4.89. The largest absolute Gasteiger partial charge is 1.00 e. The van der Waals surface area contributed by atoms with Crippen molar-refractivity contribution in [1.82, 2.24) is 0 Å². The minimum atomic E-state index is -4.76. The Morgan fingerprint density at radius 3 is 2.76 bits per heavy atom. The van der Waals surface area contributed by atoms with Crippen LogP contribution < -0.4 is 33.7 Å². The smallest absolute Gasteiger partial charge is 0.716 e. The molecule has 3 aliphatic rings. The Morgan fingerprint density at radius 1 is 1.28 bits per heavy atom. The van der Waals surface area contributed by atoms with E-state index in [-0.39, 0.29) is 46.6 Å². The van der Waals surface area contributed by atoms with Crippen LogP contribution in [0, 0.1) is 11.3 Å². The molecular weight excluding hydrogens is 351 g/mol. The first-order valence-corrected chi connectivity index (χ1v) is 9.63. The fourth-order valence-corrected chi connectivity index (χ4v) is 5.23. The Hall–Kier alpha value is -0.660. The molecule has 0 bridgehead atoms. The van der Waals surface area contributed by atoms with E-state index < -0.39 is 10.4 Å². The quantitative estimate of drug-likeness (QED) is 0.314. The third-order valence-electron chi connectivity index (χ3n) is 6.07. The second-order valence-corrected chi connectivity index (χ2v) is 8.27. The van der Waals surface area contributed by atoms with Crippen LogP contribution in [0.1, 0.15) is 49.7 Å². The van der Waals surface area contributed by atoms with Gasteiger partial charge in [0.05, 0.1) is 0 Å². The molecule has 4 rings (SSSR count). The van der Waals surface area contributed by atoms with Gasteiger partial charge in [-0.25, -0.2) is 8.42 Å². The normalized spacial score (nSPS) is 30.5. The third-order valence-corrected chi connectivity index (χ3v) is 6.47. The number of benzene rings is 1. The zero-order chi connectivity index (χ0) is 17.1. The van der Waals surface area contributed by atoms with E-state index in [2.05, 4.69) is 17.2 Å². The molecule has 7 heteroatoms. The zero-order valence-electron chi connectivity index (χ0n) is 14.4. The SMILES string of the molecule is CC12CC[C@H]3C(=CCc4cc(OS(=O)(=O)[O-])ccc43)[C@@H]1CCC2=O.[Na+]. The standard InChI is InChI=1S/C18H20O5S.Na/c1-18-9-8-14-13-5-3-12(23-24(20,21)22)10-11(13)2-4-15(14)16(18)6-7-17(18)19;/h3-5,10,14,16H,2,6-9H2,1H3,(H,20,21,22);/q;+1/p-1/t14-,16+,18?;/m1./s1. The summed E-state index contributed by atoms with van der Waals surface area (Å²) in [5.74, 6) is 1.07. The number of carbonyl (C=O) groups excluding carboxylic acids is 1. The van der Waals surface area contributed by atoms with E-state index in [4.69, 9.17) is 0 Å². The number of hydrogen-bond donors (Lipinski definition) is 0. The molecule has 0 radical (unpaired) electrons. The van der Waals surface area contributed by atoms with Gasteiger partial charge in [-0.1, -0.05) is 24.6 Å². The summed E-state index contributed by atoms with van der Waals surface area (Å²) in [6, 6.07) is 5.06. The van der Waals surface area contributed by atoms with Crippen molar-refractivity contribution in [2.24, 2.45) is 11.3 Å². The molecule has 128 valence electrons. The van der Waals surface area contributed by atoms with Crippen LogP contribution in [-0.2, 0) is 21.6 Å². The van der Waals surface area contributed by atoms with E-state index in [1.807, 2.05) is 6.07 Å². The van der Waals surface area contributed by atoms with E-state index >= 15 is 0 Å². The summed E-state index contributed by atoms with van der Waals surface area (Å²) in [5.41, 5.74) is 3.33. The van der Waals surface area contributed by atoms with E-state index in [9.17, 15) is 17.8 Å². The average Bonchev–Trinajstić information content (AvgIpc) is 2.81. The Morgan fingerprint density at radius 2 is 2.04 bits per heavy atom. The molecule has 5 nitrogen and oxygen atoms in total. The molecule has 0 N–H and O–H groups in total. The summed E-state index contributed by atoms with van der Waals surface area (Å²) in [7, 11) is -4.76. The molecule has 3 atom stereocenters. The molecule has 1 aromatic carbocycles. The molecule has 0 heterocycles. The van der Waals surface area contributed by atoms with Gasteiger partial charge in [-0.15, -0.1) is 0 Å². The van der Waals surface area contributed by atoms with Crippen molar-refractivity contribution in [2.45, 2.75) is 44.9 Å². The number of ketones is 1. The number of fused-ring (bicyclic) bond motifs is 5. The summed E-state index contributed by atoms with van der Waals surface area (Å²) in [4.78, 5) is 12.3. The zero-order valence-corrected chi connectivity index (χ0v) is 17.3. The fraction of sp³-hybridized carbons (Fsp3) is 0.500. The van der Waals surface area contributed by atoms with Crippen molar-refractivity contribution in [2.75, 3.05) is 0 Å². The van der Waals surface area contributed by atoms with Crippen molar-refractivity contribution in [1.29, 1.82) is 0 Å². The molecule has 1 aromatic rings.